The summed E-state index contributed by atoms with van der Waals surface area (Å²) < 4.78 is 0. The molecule has 0 saturated carbocycles. The normalized spacial score (nSPS) is 12.8. The zero-order chi connectivity index (χ0) is 11.7. The molecule has 1 heterocycles. The third-order valence-corrected chi connectivity index (χ3v) is 2.44. The van der Waals surface area contributed by atoms with Gasteiger partial charge in [0.05, 0.1) is 12.1 Å². The average Bonchev–Trinajstić information content (AvgIpc) is 2.60. The van der Waals surface area contributed by atoms with E-state index >= 15 is 0 Å². The van der Waals surface area contributed by atoms with E-state index < -0.39 is 12.1 Å². The quantitative estimate of drug-likeness (QED) is 0.651. The van der Waals surface area contributed by atoms with E-state index in [2.05, 4.69) is 4.98 Å². The molecule has 0 saturated heterocycles. The Morgan fingerprint density at radius 2 is 2.25 bits per heavy atom. The second-order valence-corrected chi connectivity index (χ2v) is 3.58. The van der Waals surface area contributed by atoms with Crippen LogP contribution in [0.4, 0.5) is 0 Å². The van der Waals surface area contributed by atoms with Gasteiger partial charge in [-0.2, -0.15) is 0 Å². The maximum absolute atomic E-state index is 10.4. The largest absolute Gasteiger partial charge is 0.547 e. The van der Waals surface area contributed by atoms with Gasteiger partial charge in [0.2, 0.25) is 0 Å². The van der Waals surface area contributed by atoms with Gasteiger partial charge >= 0.3 is 0 Å². The monoisotopic (exact) mass is 220 g/mol. The molecule has 1 aromatic heterocycles. The molecule has 0 aliphatic carbocycles. The van der Waals surface area contributed by atoms with E-state index in [4.69, 9.17) is 0 Å². The lowest BCUT2D eigenvalue weighted by molar-refractivity contribution is -0.314. The number of carboxylic acid groups (broad SMARTS) is 1. The lowest BCUT2D eigenvalue weighted by Crippen LogP contribution is -2.36. The number of aromatic nitrogens is 1. The highest BCUT2D eigenvalue weighted by atomic mass is 16.4. The van der Waals surface area contributed by atoms with E-state index in [0.717, 1.165) is 5.39 Å². The Balaban J connectivity index is 2.35. The summed E-state index contributed by atoms with van der Waals surface area (Å²) in [5.74, 6) is -1.37. The Bertz CT molecular complexity index is 532. The Kier molecular flexibility index (Phi) is 2.54. The maximum Gasteiger partial charge on any atom is 0.117 e. The number of aliphatic carboxylic acids is 1. The summed E-state index contributed by atoms with van der Waals surface area (Å²) in [6.07, 6.45) is 0.0661. The van der Waals surface area contributed by atoms with Crippen molar-refractivity contribution >= 4 is 16.9 Å². The summed E-state index contributed by atoms with van der Waals surface area (Å²) in [5.41, 5.74) is 1.37. The number of aromatic amines is 1. The van der Waals surface area contributed by atoms with Gasteiger partial charge in [-0.3, -0.25) is 0 Å². The van der Waals surface area contributed by atoms with Crippen molar-refractivity contribution in [2.75, 3.05) is 0 Å². The highest BCUT2D eigenvalue weighted by molar-refractivity contribution is 5.85. The van der Waals surface area contributed by atoms with Crippen LogP contribution in [-0.2, 0) is 11.2 Å². The van der Waals surface area contributed by atoms with Crippen LogP contribution in [0.5, 0.6) is 5.75 Å². The second-order valence-electron chi connectivity index (χ2n) is 3.58. The molecule has 5 nitrogen and oxygen atoms in total. The van der Waals surface area contributed by atoms with Crippen LogP contribution in [0.25, 0.3) is 10.9 Å². The summed E-state index contributed by atoms with van der Waals surface area (Å²) in [7, 11) is 0. The van der Waals surface area contributed by atoms with Crippen molar-refractivity contribution in [3.8, 4) is 5.75 Å². The van der Waals surface area contributed by atoms with Crippen LogP contribution >= 0.6 is 0 Å². The SMILES string of the molecule is O=C([O-])C(O)Cc1c[nH]c2cc(O)ccc12. The Labute approximate surface area is 91.0 Å². The van der Waals surface area contributed by atoms with Gasteiger partial charge in [-0.15, -0.1) is 0 Å². The number of carbonyl (C=O) groups is 1. The van der Waals surface area contributed by atoms with Gasteiger partial charge in [0.15, 0.2) is 0 Å². The van der Waals surface area contributed by atoms with Crippen molar-refractivity contribution < 1.29 is 20.1 Å². The number of hydrogen-bond acceptors (Lipinski definition) is 4. The van der Waals surface area contributed by atoms with Crippen LogP contribution in [0.2, 0.25) is 0 Å². The van der Waals surface area contributed by atoms with Gasteiger partial charge in [-0.05, 0) is 17.7 Å². The molecular weight excluding hydrogens is 210 g/mol. The van der Waals surface area contributed by atoms with Crippen molar-refractivity contribution in [1.82, 2.24) is 4.98 Å². The molecule has 1 aromatic carbocycles. The molecule has 0 fully saturated rings. The molecule has 0 aliphatic heterocycles. The molecule has 16 heavy (non-hydrogen) atoms. The van der Waals surface area contributed by atoms with Crippen molar-refractivity contribution in [2.45, 2.75) is 12.5 Å². The number of fused-ring (bicyclic) bond motifs is 1. The number of carboxylic acids is 1. The van der Waals surface area contributed by atoms with Crippen LogP contribution in [0, 0.1) is 0 Å². The number of hydrogen-bond donors (Lipinski definition) is 3. The van der Waals surface area contributed by atoms with Crippen molar-refractivity contribution in [3.05, 3.63) is 30.0 Å². The number of nitrogens with one attached hydrogen (secondary N) is 1. The van der Waals surface area contributed by atoms with Crippen molar-refractivity contribution in [1.29, 1.82) is 0 Å². The molecule has 0 spiro atoms. The first-order valence-electron chi connectivity index (χ1n) is 4.76. The fourth-order valence-corrected chi connectivity index (χ4v) is 1.63. The Hall–Kier alpha value is -2.01. The molecule has 2 rings (SSSR count). The summed E-state index contributed by atoms with van der Waals surface area (Å²) in [6.45, 7) is 0. The number of rotatable bonds is 3. The summed E-state index contributed by atoms with van der Waals surface area (Å²) in [6, 6.07) is 4.70. The van der Waals surface area contributed by atoms with E-state index in [9.17, 15) is 20.1 Å². The predicted octanol–water partition coefficient (Wildman–Crippen LogP) is -0.473. The average molecular weight is 220 g/mol. The minimum atomic E-state index is -1.52. The molecule has 3 N–H and O–H groups in total. The van der Waals surface area contributed by atoms with Crippen molar-refractivity contribution in [2.24, 2.45) is 0 Å². The summed E-state index contributed by atoms with van der Waals surface area (Å²) >= 11 is 0. The molecule has 1 atom stereocenters. The number of carbonyl (C=O) groups excluding carboxylic acids is 1. The molecular formula is C11H10NO4-. The highest BCUT2D eigenvalue weighted by Crippen LogP contribution is 2.23. The Morgan fingerprint density at radius 1 is 1.50 bits per heavy atom. The van der Waals surface area contributed by atoms with E-state index in [-0.39, 0.29) is 12.2 Å². The number of H-pyrrole nitrogens is 1. The number of aliphatic hydroxyl groups excluding tert-OH is 1. The zero-order valence-electron chi connectivity index (χ0n) is 8.30. The Morgan fingerprint density at radius 3 is 2.94 bits per heavy atom. The molecule has 0 amide bonds. The minimum absolute atomic E-state index is 0.0207. The van der Waals surface area contributed by atoms with Gasteiger partial charge in [0.1, 0.15) is 5.75 Å². The van der Waals surface area contributed by atoms with E-state index in [0.29, 0.717) is 11.1 Å². The van der Waals surface area contributed by atoms with Crippen LogP contribution in [0.15, 0.2) is 24.4 Å². The third-order valence-electron chi connectivity index (χ3n) is 2.44. The lowest BCUT2D eigenvalue weighted by atomic mass is 10.1. The first-order chi connectivity index (χ1) is 7.58. The number of aliphatic hydroxyl groups is 1. The lowest BCUT2D eigenvalue weighted by Gasteiger charge is -2.10. The molecule has 0 aliphatic rings. The van der Waals surface area contributed by atoms with Crippen molar-refractivity contribution in [3.63, 3.8) is 0 Å². The summed E-state index contributed by atoms with van der Waals surface area (Å²) in [4.78, 5) is 13.3. The number of phenolic OH excluding ortho intramolecular Hbond substituents is 1. The zero-order valence-corrected chi connectivity index (χ0v) is 8.30. The summed E-state index contributed by atoms with van der Waals surface area (Å²) in [5, 5.41) is 29.6. The second kappa shape index (κ2) is 3.86. The van der Waals surface area contributed by atoms with Gasteiger partial charge < -0.3 is 25.1 Å². The number of aromatic hydroxyl groups is 1. The molecule has 5 heteroatoms. The number of phenols is 1. The van der Waals surface area contributed by atoms with Gasteiger partial charge in [-0.25, -0.2) is 0 Å². The van der Waals surface area contributed by atoms with Gasteiger partial charge in [0.25, 0.3) is 0 Å². The van der Waals surface area contributed by atoms with Gasteiger partial charge in [-0.1, -0.05) is 0 Å². The van der Waals surface area contributed by atoms with E-state index in [1.54, 1.807) is 12.3 Å². The molecule has 0 radical (unpaired) electrons. The van der Waals surface area contributed by atoms with Crippen LogP contribution in [-0.4, -0.2) is 27.3 Å². The molecule has 84 valence electrons. The van der Waals surface area contributed by atoms with E-state index in [1.807, 2.05) is 0 Å². The van der Waals surface area contributed by atoms with Crippen LogP contribution in [0.3, 0.4) is 0 Å². The van der Waals surface area contributed by atoms with E-state index in [1.165, 1.54) is 12.1 Å². The smallest absolute Gasteiger partial charge is 0.117 e. The standard InChI is InChI=1S/C11H11NO4/c13-7-1-2-8-6(3-10(14)11(15)16)5-12-9(8)4-7/h1-2,4-5,10,12-14H,3H2,(H,15,16)/p-1. The van der Waals surface area contributed by atoms with Crippen LogP contribution in [0.1, 0.15) is 5.56 Å². The minimum Gasteiger partial charge on any atom is -0.547 e. The fourth-order valence-electron chi connectivity index (χ4n) is 1.63. The van der Waals surface area contributed by atoms with Gasteiger partial charge in [0, 0.05) is 29.6 Å². The van der Waals surface area contributed by atoms with Crippen LogP contribution < -0.4 is 5.11 Å². The first kappa shape index (κ1) is 10.5. The molecule has 2 aromatic rings. The highest BCUT2D eigenvalue weighted by Gasteiger charge is 2.10. The molecule has 0 bridgehead atoms. The third kappa shape index (κ3) is 1.85. The predicted molar refractivity (Wildman–Crippen MR) is 54.7 cm³/mol. The topological polar surface area (TPSA) is 96.4 Å². The maximum atomic E-state index is 10.4. The first-order valence-corrected chi connectivity index (χ1v) is 4.76. The fraction of sp³-hybridized carbons (Fsp3) is 0.182. The number of benzene rings is 1. The molecule has 1 unspecified atom stereocenters.